The van der Waals surface area contributed by atoms with Crippen LogP contribution in [-0.4, -0.2) is 12.5 Å². The Morgan fingerprint density at radius 2 is 1.95 bits per heavy atom. The maximum Gasteiger partial charge on any atom is 0.286 e. The van der Waals surface area contributed by atoms with Crippen molar-refractivity contribution in [3.05, 3.63) is 59.5 Å². The number of benzene rings is 1. The monoisotopic (exact) mass is 258 g/mol. The van der Waals surface area contributed by atoms with Gasteiger partial charge >= 0.3 is 0 Å². The van der Waals surface area contributed by atoms with Crippen LogP contribution in [-0.2, 0) is 13.0 Å². The molecule has 0 saturated heterocycles. The van der Waals surface area contributed by atoms with E-state index in [1.54, 1.807) is 12.1 Å². The third-order valence-electron chi connectivity index (χ3n) is 2.86. The Kier molecular flexibility index (Phi) is 4.75. The molecule has 1 heterocycles. The van der Waals surface area contributed by atoms with E-state index < -0.39 is 0 Å². The van der Waals surface area contributed by atoms with E-state index in [1.807, 2.05) is 18.2 Å². The number of rotatable bonds is 6. The summed E-state index contributed by atoms with van der Waals surface area (Å²) in [6, 6.07) is 13.6. The molecule has 0 spiro atoms. The first kappa shape index (κ1) is 13.4. The largest absolute Gasteiger partial charge is 0.455 e. The second kappa shape index (κ2) is 6.75. The molecular weight excluding hydrogens is 240 g/mol. The molecule has 0 fully saturated rings. The maximum absolute atomic E-state index is 11.7. The van der Waals surface area contributed by atoms with Gasteiger partial charge in [0, 0.05) is 6.54 Å². The number of hydrogen-bond acceptors (Lipinski definition) is 3. The Labute approximate surface area is 112 Å². The van der Waals surface area contributed by atoms with Gasteiger partial charge in [-0.3, -0.25) is 4.79 Å². The topological polar surface area (TPSA) is 68.3 Å². The average Bonchev–Trinajstić information content (AvgIpc) is 2.93. The predicted octanol–water partition coefficient (Wildman–Crippen LogP) is 2.10. The molecule has 3 N–H and O–H groups in total. The highest BCUT2D eigenvalue weighted by Gasteiger charge is 2.09. The standard InChI is InChI=1S/C15H18N2O2/c16-11-13-8-9-14(19-13)15(18)17-10-4-7-12-5-2-1-3-6-12/h1-3,5-6,8-9H,4,7,10-11,16H2,(H,17,18). The van der Waals surface area contributed by atoms with E-state index in [1.165, 1.54) is 5.56 Å². The zero-order valence-corrected chi connectivity index (χ0v) is 10.8. The van der Waals surface area contributed by atoms with Gasteiger partial charge in [-0.05, 0) is 30.5 Å². The van der Waals surface area contributed by atoms with E-state index >= 15 is 0 Å². The fourth-order valence-corrected chi connectivity index (χ4v) is 1.84. The van der Waals surface area contributed by atoms with Gasteiger partial charge in [0.15, 0.2) is 5.76 Å². The summed E-state index contributed by atoms with van der Waals surface area (Å²) in [5, 5.41) is 2.83. The molecule has 1 aromatic carbocycles. The van der Waals surface area contributed by atoms with E-state index in [-0.39, 0.29) is 5.91 Å². The van der Waals surface area contributed by atoms with Gasteiger partial charge < -0.3 is 15.5 Å². The third kappa shape index (κ3) is 3.96. The van der Waals surface area contributed by atoms with Crippen molar-refractivity contribution in [1.82, 2.24) is 5.32 Å². The number of carbonyl (C=O) groups is 1. The van der Waals surface area contributed by atoms with Gasteiger partial charge in [-0.2, -0.15) is 0 Å². The average molecular weight is 258 g/mol. The highest BCUT2D eigenvalue weighted by Crippen LogP contribution is 2.07. The molecule has 4 nitrogen and oxygen atoms in total. The van der Waals surface area contributed by atoms with Crippen molar-refractivity contribution in [1.29, 1.82) is 0 Å². The summed E-state index contributed by atoms with van der Waals surface area (Å²) < 4.78 is 5.27. The van der Waals surface area contributed by atoms with Crippen molar-refractivity contribution in [3.8, 4) is 0 Å². The van der Waals surface area contributed by atoms with Gasteiger partial charge in [0.25, 0.3) is 5.91 Å². The number of furan rings is 1. The van der Waals surface area contributed by atoms with Gasteiger partial charge in [0.05, 0.1) is 6.54 Å². The van der Waals surface area contributed by atoms with Crippen LogP contribution in [0.5, 0.6) is 0 Å². The lowest BCUT2D eigenvalue weighted by molar-refractivity contribution is 0.0924. The molecule has 0 bridgehead atoms. The van der Waals surface area contributed by atoms with E-state index in [4.69, 9.17) is 10.2 Å². The summed E-state index contributed by atoms with van der Waals surface area (Å²) in [6.07, 6.45) is 1.85. The highest BCUT2D eigenvalue weighted by atomic mass is 16.4. The molecule has 0 radical (unpaired) electrons. The van der Waals surface area contributed by atoms with E-state index in [0.717, 1.165) is 12.8 Å². The molecule has 4 heteroatoms. The SMILES string of the molecule is NCc1ccc(C(=O)NCCCc2ccccc2)o1. The minimum atomic E-state index is -0.187. The first-order valence-electron chi connectivity index (χ1n) is 6.40. The lowest BCUT2D eigenvalue weighted by Gasteiger charge is -2.03. The number of nitrogens with two attached hydrogens (primary N) is 1. The summed E-state index contributed by atoms with van der Waals surface area (Å²) >= 11 is 0. The Morgan fingerprint density at radius 3 is 2.63 bits per heavy atom. The van der Waals surface area contributed by atoms with Gasteiger partial charge in [-0.1, -0.05) is 30.3 Å². The Morgan fingerprint density at radius 1 is 1.16 bits per heavy atom. The lowest BCUT2D eigenvalue weighted by Crippen LogP contribution is -2.24. The molecule has 0 aliphatic rings. The van der Waals surface area contributed by atoms with Gasteiger partial charge in [-0.15, -0.1) is 0 Å². The van der Waals surface area contributed by atoms with Crippen LogP contribution in [0.1, 0.15) is 28.3 Å². The van der Waals surface area contributed by atoms with Crippen LogP contribution >= 0.6 is 0 Å². The number of hydrogen-bond donors (Lipinski definition) is 2. The fourth-order valence-electron chi connectivity index (χ4n) is 1.84. The van der Waals surface area contributed by atoms with Gasteiger partial charge in [0.1, 0.15) is 5.76 Å². The van der Waals surface area contributed by atoms with E-state index in [2.05, 4.69) is 17.4 Å². The zero-order chi connectivity index (χ0) is 13.5. The molecule has 2 aromatic rings. The predicted molar refractivity (Wildman–Crippen MR) is 73.7 cm³/mol. The number of nitrogens with one attached hydrogen (secondary N) is 1. The van der Waals surface area contributed by atoms with E-state index in [0.29, 0.717) is 24.6 Å². The quantitative estimate of drug-likeness (QED) is 0.780. The van der Waals surface area contributed by atoms with Crippen LogP contribution in [0.2, 0.25) is 0 Å². The summed E-state index contributed by atoms with van der Waals surface area (Å²) in [4.78, 5) is 11.7. The molecule has 2 rings (SSSR count). The van der Waals surface area contributed by atoms with Gasteiger partial charge in [0.2, 0.25) is 0 Å². The van der Waals surface area contributed by atoms with Crippen LogP contribution in [0, 0.1) is 0 Å². The van der Waals surface area contributed by atoms with E-state index in [9.17, 15) is 4.79 Å². The van der Waals surface area contributed by atoms with Crippen LogP contribution < -0.4 is 11.1 Å². The molecular formula is C15H18N2O2. The second-order valence-corrected chi connectivity index (χ2v) is 4.32. The molecule has 1 aromatic heterocycles. The Hall–Kier alpha value is -2.07. The molecule has 100 valence electrons. The minimum absolute atomic E-state index is 0.187. The highest BCUT2D eigenvalue weighted by molar-refractivity contribution is 5.91. The van der Waals surface area contributed by atoms with Crippen molar-refractivity contribution in [2.45, 2.75) is 19.4 Å². The maximum atomic E-state index is 11.7. The summed E-state index contributed by atoms with van der Waals surface area (Å²) in [7, 11) is 0. The third-order valence-corrected chi connectivity index (χ3v) is 2.86. The molecule has 0 unspecified atom stereocenters. The van der Waals surface area contributed by atoms with Crippen LogP contribution in [0.4, 0.5) is 0 Å². The number of aryl methyl sites for hydroxylation is 1. The van der Waals surface area contributed by atoms with Crippen molar-refractivity contribution < 1.29 is 9.21 Å². The fraction of sp³-hybridized carbons (Fsp3) is 0.267. The lowest BCUT2D eigenvalue weighted by atomic mass is 10.1. The first-order chi connectivity index (χ1) is 9.29. The van der Waals surface area contributed by atoms with Gasteiger partial charge in [-0.25, -0.2) is 0 Å². The zero-order valence-electron chi connectivity index (χ0n) is 10.8. The van der Waals surface area contributed by atoms with Crippen molar-refractivity contribution >= 4 is 5.91 Å². The number of amides is 1. The molecule has 0 atom stereocenters. The smallest absolute Gasteiger partial charge is 0.286 e. The number of carbonyl (C=O) groups excluding carboxylic acids is 1. The molecule has 1 amide bonds. The van der Waals surface area contributed by atoms with Crippen molar-refractivity contribution in [2.24, 2.45) is 5.73 Å². The summed E-state index contributed by atoms with van der Waals surface area (Å²) in [6.45, 7) is 0.938. The van der Waals surface area contributed by atoms with Crippen molar-refractivity contribution in [3.63, 3.8) is 0 Å². The minimum Gasteiger partial charge on any atom is -0.455 e. The van der Waals surface area contributed by atoms with Crippen LogP contribution in [0.25, 0.3) is 0 Å². The van der Waals surface area contributed by atoms with Crippen LogP contribution in [0.15, 0.2) is 46.9 Å². The Balaban J connectivity index is 1.72. The molecule has 0 aliphatic carbocycles. The first-order valence-corrected chi connectivity index (χ1v) is 6.40. The second-order valence-electron chi connectivity index (χ2n) is 4.32. The summed E-state index contributed by atoms with van der Waals surface area (Å²) in [5.74, 6) is 0.752. The molecule has 0 aliphatic heterocycles. The Bertz CT molecular complexity index is 520. The van der Waals surface area contributed by atoms with Crippen LogP contribution in [0.3, 0.4) is 0 Å². The van der Waals surface area contributed by atoms with Crippen molar-refractivity contribution in [2.75, 3.05) is 6.54 Å². The summed E-state index contributed by atoms with van der Waals surface area (Å²) in [5.41, 5.74) is 6.70. The normalized spacial score (nSPS) is 10.4. The molecule has 0 saturated carbocycles. The molecule has 19 heavy (non-hydrogen) atoms.